The van der Waals surface area contributed by atoms with Crippen LogP contribution in [0, 0.1) is 12.7 Å². The van der Waals surface area contributed by atoms with Crippen LogP contribution >= 0.6 is 0 Å². The zero-order valence-electron chi connectivity index (χ0n) is 12.2. The number of rotatable bonds is 8. The van der Waals surface area contributed by atoms with Gasteiger partial charge < -0.3 is 15.2 Å². The standard InChI is InChI=1S/C15H22FNO3/c1-4-17-15(3,14(18)19)8-5-9-20-13-10-12(16)7-6-11(13)2/h6-7,10,17H,4-5,8-9H2,1-3H3,(H,18,19). The maximum atomic E-state index is 13.1. The fourth-order valence-corrected chi connectivity index (χ4v) is 2.00. The molecule has 0 spiro atoms. The lowest BCUT2D eigenvalue weighted by Gasteiger charge is -2.25. The van der Waals surface area contributed by atoms with Crippen molar-refractivity contribution in [3.8, 4) is 5.75 Å². The molecule has 0 aliphatic carbocycles. The number of aliphatic carboxylic acids is 1. The molecule has 0 amide bonds. The van der Waals surface area contributed by atoms with E-state index < -0.39 is 11.5 Å². The highest BCUT2D eigenvalue weighted by molar-refractivity contribution is 5.78. The molecule has 0 aromatic heterocycles. The Labute approximate surface area is 119 Å². The van der Waals surface area contributed by atoms with Crippen molar-refractivity contribution in [2.24, 2.45) is 0 Å². The lowest BCUT2D eigenvalue weighted by Crippen LogP contribution is -2.49. The third-order valence-corrected chi connectivity index (χ3v) is 3.27. The van der Waals surface area contributed by atoms with Crippen LogP contribution < -0.4 is 10.1 Å². The highest BCUT2D eigenvalue weighted by atomic mass is 19.1. The van der Waals surface area contributed by atoms with Gasteiger partial charge in [-0.2, -0.15) is 0 Å². The van der Waals surface area contributed by atoms with Gasteiger partial charge in [0, 0.05) is 6.07 Å². The van der Waals surface area contributed by atoms with E-state index >= 15 is 0 Å². The van der Waals surface area contributed by atoms with Crippen LogP contribution in [0.15, 0.2) is 18.2 Å². The molecule has 2 N–H and O–H groups in total. The topological polar surface area (TPSA) is 58.6 Å². The van der Waals surface area contributed by atoms with E-state index in [4.69, 9.17) is 4.74 Å². The second-order valence-corrected chi connectivity index (χ2v) is 5.03. The van der Waals surface area contributed by atoms with Gasteiger partial charge in [-0.1, -0.05) is 13.0 Å². The van der Waals surface area contributed by atoms with Crippen LogP contribution in [0.25, 0.3) is 0 Å². The second-order valence-electron chi connectivity index (χ2n) is 5.03. The smallest absolute Gasteiger partial charge is 0.323 e. The molecule has 1 unspecified atom stereocenters. The summed E-state index contributed by atoms with van der Waals surface area (Å²) in [5, 5.41) is 12.2. The minimum absolute atomic E-state index is 0.339. The fraction of sp³-hybridized carbons (Fsp3) is 0.533. The minimum Gasteiger partial charge on any atom is -0.493 e. The van der Waals surface area contributed by atoms with Gasteiger partial charge in [-0.05, 0) is 44.9 Å². The highest BCUT2D eigenvalue weighted by Gasteiger charge is 2.31. The number of carbonyl (C=O) groups is 1. The van der Waals surface area contributed by atoms with Crippen LogP contribution in [0.4, 0.5) is 4.39 Å². The van der Waals surface area contributed by atoms with Crippen LogP contribution in [-0.2, 0) is 4.79 Å². The number of benzene rings is 1. The molecule has 0 saturated carbocycles. The predicted octanol–water partition coefficient (Wildman–Crippen LogP) is 2.75. The molecule has 0 fully saturated rings. The van der Waals surface area contributed by atoms with Crippen molar-refractivity contribution in [1.29, 1.82) is 0 Å². The third kappa shape index (κ3) is 4.49. The molecule has 1 rings (SSSR count). The van der Waals surface area contributed by atoms with Gasteiger partial charge in [-0.25, -0.2) is 4.39 Å². The number of carboxylic acid groups (broad SMARTS) is 1. The Hall–Kier alpha value is -1.62. The van der Waals surface area contributed by atoms with Gasteiger partial charge in [-0.3, -0.25) is 4.79 Å². The molecular formula is C15H22FNO3. The van der Waals surface area contributed by atoms with Crippen molar-refractivity contribution in [3.05, 3.63) is 29.6 Å². The quantitative estimate of drug-likeness (QED) is 0.720. The minimum atomic E-state index is -0.949. The first kappa shape index (κ1) is 16.4. The fourth-order valence-electron chi connectivity index (χ4n) is 2.00. The van der Waals surface area contributed by atoms with Crippen LogP contribution in [0.5, 0.6) is 5.75 Å². The molecule has 1 aromatic carbocycles. The Kier molecular flexibility index (Phi) is 5.95. The van der Waals surface area contributed by atoms with Gasteiger partial charge in [-0.15, -0.1) is 0 Å². The highest BCUT2D eigenvalue weighted by Crippen LogP contribution is 2.20. The average Bonchev–Trinajstić information content (AvgIpc) is 2.38. The van der Waals surface area contributed by atoms with Crippen LogP contribution in [0.3, 0.4) is 0 Å². The maximum absolute atomic E-state index is 13.1. The molecule has 0 bridgehead atoms. The van der Waals surface area contributed by atoms with Crippen molar-refractivity contribution in [1.82, 2.24) is 5.32 Å². The summed E-state index contributed by atoms with van der Waals surface area (Å²) in [6, 6.07) is 4.38. The van der Waals surface area contributed by atoms with Gasteiger partial charge in [0.05, 0.1) is 6.61 Å². The molecular weight excluding hydrogens is 261 g/mol. The summed E-state index contributed by atoms with van der Waals surface area (Å²) in [5.41, 5.74) is -0.0891. The van der Waals surface area contributed by atoms with Gasteiger partial charge in [0.25, 0.3) is 0 Å². The summed E-state index contributed by atoms with van der Waals surface area (Å²) in [5.74, 6) is -0.708. The molecule has 5 heteroatoms. The first-order valence-electron chi connectivity index (χ1n) is 6.76. The number of ether oxygens (including phenoxy) is 1. The van der Waals surface area contributed by atoms with Crippen molar-refractivity contribution in [2.45, 2.75) is 39.2 Å². The average molecular weight is 283 g/mol. The molecule has 0 saturated heterocycles. The first-order valence-corrected chi connectivity index (χ1v) is 6.76. The van der Waals surface area contributed by atoms with Gasteiger partial charge in [0.2, 0.25) is 0 Å². The van der Waals surface area contributed by atoms with Crippen LogP contribution in [-0.4, -0.2) is 29.8 Å². The Morgan fingerprint density at radius 2 is 2.20 bits per heavy atom. The monoisotopic (exact) mass is 283 g/mol. The zero-order valence-corrected chi connectivity index (χ0v) is 12.2. The van der Waals surface area contributed by atoms with Gasteiger partial charge in [0.1, 0.15) is 17.1 Å². The lowest BCUT2D eigenvalue weighted by molar-refractivity contribution is -0.144. The third-order valence-electron chi connectivity index (χ3n) is 3.27. The normalized spacial score (nSPS) is 13.8. The number of aryl methyl sites for hydroxylation is 1. The Morgan fingerprint density at radius 3 is 2.80 bits per heavy atom. The summed E-state index contributed by atoms with van der Waals surface area (Å²) in [6.07, 6.45) is 1.02. The van der Waals surface area contributed by atoms with Gasteiger partial charge >= 0.3 is 5.97 Å². The summed E-state index contributed by atoms with van der Waals surface area (Å²) < 4.78 is 18.6. The van der Waals surface area contributed by atoms with Crippen molar-refractivity contribution >= 4 is 5.97 Å². The molecule has 1 aromatic rings. The molecule has 20 heavy (non-hydrogen) atoms. The summed E-state index contributed by atoms with van der Waals surface area (Å²) in [7, 11) is 0. The van der Waals surface area contributed by atoms with Crippen molar-refractivity contribution in [3.63, 3.8) is 0 Å². The van der Waals surface area contributed by atoms with E-state index in [1.165, 1.54) is 12.1 Å². The Balaban J connectivity index is 2.48. The number of halogens is 1. The summed E-state index contributed by atoms with van der Waals surface area (Å²) >= 11 is 0. The van der Waals surface area contributed by atoms with E-state index in [-0.39, 0.29) is 5.82 Å². The van der Waals surface area contributed by atoms with E-state index in [0.29, 0.717) is 31.7 Å². The molecule has 112 valence electrons. The SMILES string of the molecule is CCNC(C)(CCCOc1cc(F)ccc1C)C(=O)O. The van der Waals surface area contributed by atoms with Gasteiger partial charge in [0.15, 0.2) is 0 Å². The van der Waals surface area contributed by atoms with E-state index in [2.05, 4.69) is 5.32 Å². The summed E-state index contributed by atoms with van der Waals surface area (Å²) in [4.78, 5) is 11.2. The first-order chi connectivity index (χ1) is 9.39. The maximum Gasteiger partial charge on any atom is 0.323 e. The van der Waals surface area contributed by atoms with E-state index in [0.717, 1.165) is 5.56 Å². The van der Waals surface area contributed by atoms with E-state index in [1.807, 2.05) is 13.8 Å². The number of carboxylic acids is 1. The Bertz CT molecular complexity index is 464. The van der Waals surface area contributed by atoms with E-state index in [9.17, 15) is 14.3 Å². The van der Waals surface area contributed by atoms with Crippen molar-refractivity contribution < 1.29 is 19.0 Å². The predicted molar refractivity (Wildman–Crippen MR) is 75.6 cm³/mol. The molecule has 4 nitrogen and oxygen atoms in total. The summed E-state index contributed by atoms with van der Waals surface area (Å²) in [6.45, 7) is 6.32. The second kappa shape index (κ2) is 7.24. The van der Waals surface area contributed by atoms with E-state index in [1.54, 1.807) is 13.0 Å². The zero-order chi connectivity index (χ0) is 15.2. The largest absolute Gasteiger partial charge is 0.493 e. The number of hydrogen-bond acceptors (Lipinski definition) is 3. The molecule has 0 aliphatic rings. The molecule has 0 heterocycles. The number of likely N-dealkylation sites (N-methyl/N-ethyl adjacent to an activating group) is 1. The lowest BCUT2D eigenvalue weighted by atomic mass is 9.96. The van der Waals surface area contributed by atoms with Crippen LogP contribution in [0.1, 0.15) is 32.3 Å². The Morgan fingerprint density at radius 1 is 1.50 bits per heavy atom. The molecule has 0 radical (unpaired) electrons. The number of hydrogen-bond donors (Lipinski definition) is 2. The van der Waals surface area contributed by atoms with Crippen LogP contribution in [0.2, 0.25) is 0 Å². The number of nitrogens with one attached hydrogen (secondary N) is 1. The van der Waals surface area contributed by atoms with Crippen molar-refractivity contribution in [2.75, 3.05) is 13.2 Å². The molecule has 1 atom stereocenters. The molecule has 0 aliphatic heterocycles.